The predicted octanol–water partition coefficient (Wildman–Crippen LogP) is 2.16. The van der Waals surface area contributed by atoms with E-state index in [-0.39, 0.29) is 10.7 Å². The van der Waals surface area contributed by atoms with Crippen LogP contribution >= 0.6 is 11.6 Å². The fourth-order valence-electron chi connectivity index (χ4n) is 1.17. The van der Waals surface area contributed by atoms with Crippen molar-refractivity contribution in [3.8, 4) is 0 Å². The van der Waals surface area contributed by atoms with Crippen LogP contribution in [0.15, 0.2) is 18.2 Å². The van der Waals surface area contributed by atoms with Gasteiger partial charge >= 0.3 is 6.03 Å². The maximum atomic E-state index is 13.3. The third-order valence-corrected chi connectivity index (χ3v) is 2.36. The number of likely N-dealkylation sites (N-methyl/N-ethyl adjacent to an activating group) is 1. The Kier molecular flexibility index (Phi) is 5.18. The average Bonchev–Trinajstić information content (AvgIpc) is 2.23. The van der Waals surface area contributed by atoms with Gasteiger partial charge in [-0.2, -0.15) is 0 Å². The molecule has 0 saturated carbocycles. The number of benzene rings is 1. The highest BCUT2D eigenvalue weighted by Gasteiger charge is 2.09. The molecule has 6 heteroatoms. The summed E-state index contributed by atoms with van der Waals surface area (Å²) in [6.07, 6.45) is 0. The van der Waals surface area contributed by atoms with Crippen LogP contribution in [0.5, 0.6) is 0 Å². The van der Waals surface area contributed by atoms with Crippen molar-refractivity contribution in [3.05, 3.63) is 29.0 Å². The smallest absolute Gasteiger partial charge is 0.319 e. The summed E-state index contributed by atoms with van der Waals surface area (Å²) in [6, 6.07) is 3.76. The summed E-state index contributed by atoms with van der Waals surface area (Å²) in [7, 11) is 3.79. The molecular formula is C11H15ClFN3O. The van der Waals surface area contributed by atoms with Crippen LogP contribution in [0.4, 0.5) is 14.9 Å². The Morgan fingerprint density at radius 2 is 2.18 bits per heavy atom. The summed E-state index contributed by atoms with van der Waals surface area (Å²) in [5, 5.41) is 5.15. The molecule has 2 amide bonds. The van der Waals surface area contributed by atoms with Crippen LogP contribution in [0.1, 0.15) is 0 Å². The average molecular weight is 260 g/mol. The number of hydrogen-bond donors (Lipinski definition) is 2. The Hall–Kier alpha value is -1.33. The largest absolute Gasteiger partial charge is 0.337 e. The van der Waals surface area contributed by atoms with E-state index in [9.17, 15) is 9.18 Å². The number of halogens is 2. The fraction of sp³-hybridized carbons (Fsp3) is 0.364. The second-order valence-electron chi connectivity index (χ2n) is 3.78. The number of nitrogens with one attached hydrogen (secondary N) is 2. The van der Waals surface area contributed by atoms with Gasteiger partial charge < -0.3 is 15.5 Å². The standard InChI is InChI=1S/C11H15ClFN3O/c1-16(2)7-6-14-11(17)15-10-8(12)4-3-5-9(10)13/h3-5H,6-7H2,1-2H3,(H2,14,15,17). The van der Waals surface area contributed by atoms with Gasteiger partial charge in [-0.25, -0.2) is 9.18 Å². The maximum Gasteiger partial charge on any atom is 0.319 e. The lowest BCUT2D eigenvalue weighted by molar-refractivity contribution is 0.250. The Morgan fingerprint density at radius 3 is 2.76 bits per heavy atom. The Labute approximate surface area is 105 Å². The van der Waals surface area contributed by atoms with Crippen LogP contribution in [-0.2, 0) is 0 Å². The summed E-state index contributed by atoms with van der Waals surface area (Å²) in [4.78, 5) is 13.4. The number of hydrogen-bond acceptors (Lipinski definition) is 2. The quantitative estimate of drug-likeness (QED) is 0.870. The van der Waals surface area contributed by atoms with Crippen molar-refractivity contribution >= 4 is 23.3 Å². The minimum atomic E-state index is -0.555. The molecule has 0 spiro atoms. The lowest BCUT2D eigenvalue weighted by Crippen LogP contribution is -2.34. The van der Waals surface area contributed by atoms with Crippen LogP contribution in [0.25, 0.3) is 0 Å². The van der Waals surface area contributed by atoms with Crippen LogP contribution in [0.2, 0.25) is 5.02 Å². The second kappa shape index (κ2) is 6.42. The van der Waals surface area contributed by atoms with E-state index >= 15 is 0 Å². The number of nitrogens with zero attached hydrogens (tertiary/aromatic N) is 1. The molecule has 0 aliphatic rings. The van der Waals surface area contributed by atoms with E-state index in [1.54, 1.807) is 0 Å². The molecule has 0 aromatic heterocycles. The zero-order valence-electron chi connectivity index (χ0n) is 9.76. The molecule has 0 radical (unpaired) electrons. The van der Waals surface area contributed by atoms with E-state index in [0.717, 1.165) is 0 Å². The Balaban J connectivity index is 2.51. The molecule has 1 aromatic rings. The minimum absolute atomic E-state index is 0.00322. The van der Waals surface area contributed by atoms with E-state index in [1.807, 2.05) is 19.0 Å². The molecule has 0 unspecified atom stereocenters. The molecule has 0 aliphatic heterocycles. The fourth-order valence-corrected chi connectivity index (χ4v) is 1.38. The molecule has 0 heterocycles. The van der Waals surface area contributed by atoms with E-state index in [4.69, 9.17) is 11.6 Å². The van der Waals surface area contributed by atoms with Gasteiger partial charge in [0.2, 0.25) is 0 Å². The molecule has 0 fully saturated rings. The first-order valence-corrected chi connectivity index (χ1v) is 5.52. The van der Waals surface area contributed by atoms with Crippen molar-refractivity contribution < 1.29 is 9.18 Å². The maximum absolute atomic E-state index is 13.3. The van der Waals surface area contributed by atoms with Gasteiger partial charge in [0.25, 0.3) is 0 Å². The van der Waals surface area contributed by atoms with Gasteiger partial charge in [0.05, 0.1) is 10.7 Å². The first-order valence-electron chi connectivity index (χ1n) is 5.14. The van der Waals surface area contributed by atoms with Crippen LogP contribution in [0, 0.1) is 5.82 Å². The van der Waals surface area contributed by atoms with Crippen LogP contribution in [0.3, 0.4) is 0 Å². The number of urea groups is 1. The third kappa shape index (κ3) is 4.58. The second-order valence-corrected chi connectivity index (χ2v) is 4.19. The highest BCUT2D eigenvalue weighted by Crippen LogP contribution is 2.24. The summed E-state index contributed by atoms with van der Waals surface area (Å²) in [5.74, 6) is -0.555. The Bertz CT molecular complexity index is 378. The van der Waals surface area contributed by atoms with Gasteiger partial charge in [0.1, 0.15) is 5.82 Å². The van der Waals surface area contributed by atoms with E-state index in [2.05, 4.69) is 10.6 Å². The zero-order valence-corrected chi connectivity index (χ0v) is 10.5. The van der Waals surface area contributed by atoms with Gasteiger partial charge in [-0.1, -0.05) is 17.7 Å². The highest BCUT2D eigenvalue weighted by atomic mass is 35.5. The minimum Gasteiger partial charge on any atom is -0.337 e. The molecule has 1 aromatic carbocycles. The first kappa shape index (κ1) is 13.7. The summed E-state index contributed by atoms with van der Waals surface area (Å²) in [5.41, 5.74) is -0.00322. The number of carbonyl (C=O) groups is 1. The van der Waals surface area contributed by atoms with Crippen molar-refractivity contribution in [3.63, 3.8) is 0 Å². The zero-order chi connectivity index (χ0) is 12.8. The number of para-hydroxylation sites is 1. The molecule has 0 atom stereocenters. The van der Waals surface area contributed by atoms with Crippen molar-refractivity contribution in [2.75, 3.05) is 32.5 Å². The van der Waals surface area contributed by atoms with E-state index in [1.165, 1.54) is 18.2 Å². The van der Waals surface area contributed by atoms with Crippen molar-refractivity contribution in [1.82, 2.24) is 10.2 Å². The van der Waals surface area contributed by atoms with Gasteiger partial charge in [-0.05, 0) is 26.2 Å². The predicted molar refractivity (Wildman–Crippen MR) is 67.0 cm³/mol. The van der Waals surface area contributed by atoms with Crippen molar-refractivity contribution in [2.45, 2.75) is 0 Å². The first-order chi connectivity index (χ1) is 8.00. The normalized spacial score (nSPS) is 10.4. The van der Waals surface area contributed by atoms with Gasteiger partial charge in [-0.3, -0.25) is 0 Å². The topological polar surface area (TPSA) is 44.4 Å². The van der Waals surface area contributed by atoms with Gasteiger partial charge in [-0.15, -0.1) is 0 Å². The summed E-state index contributed by atoms with van der Waals surface area (Å²) >= 11 is 5.77. The third-order valence-electron chi connectivity index (χ3n) is 2.05. The van der Waals surface area contributed by atoms with Gasteiger partial charge in [0.15, 0.2) is 0 Å². The molecule has 94 valence electrons. The van der Waals surface area contributed by atoms with Crippen molar-refractivity contribution in [2.24, 2.45) is 0 Å². The number of carbonyl (C=O) groups excluding carboxylic acids is 1. The van der Waals surface area contributed by atoms with Gasteiger partial charge in [0, 0.05) is 13.1 Å². The SMILES string of the molecule is CN(C)CCNC(=O)Nc1c(F)cccc1Cl. The molecule has 17 heavy (non-hydrogen) atoms. The molecule has 2 N–H and O–H groups in total. The number of anilines is 1. The molecule has 1 rings (SSSR count). The van der Waals surface area contributed by atoms with E-state index in [0.29, 0.717) is 13.1 Å². The highest BCUT2D eigenvalue weighted by molar-refractivity contribution is 6.33. The van der Waals surface area contributed by atoms with E-state index < -0.39 is 11.8 Å². The lowest BCUT2D eigenvalue weighted by Gasteiger charge is -2.12. The summed E-state index contributed by atoms with van der Waals surface area (Å²) in [6.45, 7) is 1.18. The van der Waals surface area contributed by atoms with Crippen molar-refractivity contribution in [1.29, 1.82) is 0 Å². The number of amides is 2. The lowest BCUT2D eigenvalue weighted by atomic mass is 10.3. The molecular weight excluding hydrogens is 245 g/mol. The van der Waals surface area contributed by atoms with Crippen LogP contribution in [-0.4, -0.2) is 38.1 Å². The number of rotatable bonds is 4. The molecule has 0 saturated heterocycles. The monoisotopic (exact) mass is 259 g/mol. The van der Waals surface area contributed by atoms with Crippen LogP contribution < -0.4 is 10.6 Å². The molecule has 0 aliphatic carbocycles. The molecule has 4 nitrogen and oxygen atoms in total. The molecule has 0 bridgehead atoms. The Morgan fingerprint density at radius 1 is 1.47 bits per heavy atom. The summed E-state index contributed by atoms with van der Waals surface area (Å²) < 4.78 is 13.3.